The number of nitrogens with zero attached hydrogens (tertiary/aromatic N) is 3. The molecule has 0 bridgehead atoms. The molecule has 0 saturated carbocycles. The second-order valence-electron chi connectivity index (χ2n) is 6.21. The molecule has 1 aliphatic rings. The van der Waals surface area contributed by atoms with Gasteiger partial charge in [0.15, 0.2) is 0 Å². The Bertz CT molecular complexity index is 664. The normalized spacial score (nSPS) is 18.7. The lowest BCUT2D eigenvalue weighted by atomic mass is 10.2. The van der Waals surface area contributed by atoms with E-state index in [0.29, 0.717) is 37.8 Å². The highest BCUT2D eigenvalue weighted by atomic mass is 32.2. The molecule has 0 aliphatic carbocycles. The molecule has 0 aromatic carbocycles. The van der Waals surface area contributed by atoms with Gasteiger partial charge in [0.25, 0.3) is 10.2 Å². The smallest absolute Gasteiger partial charge is 0.279 e. The standard InChI is InChI=1S/C14H25N5O4S/c1-10(2)17-24(21,22)19-7-5-18(6-8-19)12(4)14(20)15-13-9-11(3)16-23-13/h9-10,12,17H,5-8H2,1-4H3,(H,15,20). The summed E-state index contributed by atoms with van der Waals surface area (Å²) in [6.07, 6.45) is 0. The Morgan fingerprint density at radius 2 is 1.88 bits per heavy atom. The Hall–Kier alpha value is -1.49. The molecule has 0 spiro atoms. The number of anilines is 1. The zero-order chi connectivity index (χ0) is 17.9. The number of hydrogen-bond acceptors (Lipinski definition) is 6. The summed E-state index contributed by atoms with van der Waals surface area (Å²) in [5, 5.41) is 6.39. The van der Waals surface area contributed by atoms with Crippen molar-refractivity contribution < 1.29 is 17.7 Å². The van der Waals surface area contributed by atoms with E-state index in [-0.39, 0.29) is 11.9 Å². The van der Waals surface area contributed by atoms with E-state index in [1.165, 1.54) is 4.31 Å². The molecule has 0 radical (unpaired) electrons. The van der Waals surface area contributed by atoms with E-state index in [2.05, 4.69) is 15.2 Å². The predicted molar refractivity (Wildman–Crippen MR) is 89.7 cm³/mol. The first-order chi connectivity index (χ1) is 11.2. The van der Waals surface area contributed by atoms with Crippen molar-refractivity contribution in [3.63, 3.8) is 0 Å². The van der Waals surface area contributed by atoms with Gasteiger partial charge in [-0.15, -0.1) is 0 Å². The van der Waals surface area contributed by atoms with Gasteiger partial charge in [-0.3, -0.25) is 15.0 Å². The summed E-state index contributed by atoms with van der Waals surface area (Å²) in [5.74, 6) is 0.106. The molecule has 1 aromatic heterocycles. The number of aromatic nitrogens is 1. The zero-order valence-electron chi connectivity index (χ0n) is 14.4. The van der Waals surface area contributed by atoms with Gasteiger partial charge < -0.3 is 4.52 Å². The number of nitrogens with one attached hydrogen (secondary N) is 2. The van der Waals surface area contributed by atoms with E-state index in [0.717, 1.165) is 0 Å². The van der Waals surface area contributed by atoms with Crippen molar-refractivity contribution in [3.8, 4) is 0 Å². The topological polar surface area (TPSA) is 108 Å². The molecule has 1 fully saturated rings. The van der Waals surface area contributed by atoms with Crippen molar-refractivity contribution in [3.05, 3.63) is 11.8 Å². The van der Waals surface area contributed by atoms with Crippen LogP contribution >= 0.6 is 0 Å². The van der Waals surface area contributed by atoms with E-state index < -0.39 is 16.3 Å². The maximum atomic E-state index is 12.3. The van der Waals surface area contributed by atoms with Crippen LogP contribution in [-0.4, -0.2) is 66.9 Å². The third-order valence-electron chi connectivity index (χ3n) is 3.80. The van der Waals surface area contributed by atoms with Gasteiger partial charge in [-0.25, -0.2) is 0 Å². The van der Waals surface area contributed by atoms with E-state index >= 15 is 0 Å². The molecule has 1 unspecified atom stereocenters. The first kappa shape index (κ1) is 18.8. The van der Waals surface area contributed by atoms with Crippen molar-refractivity contribution in [1.82, 2.24) is 19.1 Å². The van der Waals surface area contributed by atoms with Gasteiger partial charge in [0.1, 0.15) is 0 Å². The number of aryl methyl sites for hydroxylation is 1. The number of carbonyl (C=O) groups excluding carboxylic acids is 1. The van der Waals surface area contributed by atoms with Gasteiger partial charge in [0.2, 0.25) is 11.8 Å². The number of piperazine rings is 1. The van der Waals surface area contributed by atoms with Crippen molar-refractivity contribution in [1.29, 1.82) is 0 Å². The van der Waals surface area contributed by atoms with Crippen LogP contribution in [0.2, 0.25) is 0 Å². The van der Waals surface area contributed by atoms with Crippen molar-refractivity contribution in [2.75, 3.05) is 31.5 Å². The number of rotatable bonds is 6. The molecule has 2 rings (SSSR count). The van der Waals surface area contributed by atoms with Gasteiger partial charge >= 0.3 is 0 Å². The van der Waals surface area contributed by atoms with Crippen LogP contribution in [0.15, 0.2) is 10.6 Å². The fourth-order valence-corrected chi connectivity index (χ4v) is 3.91. The summed E-state index contributed by atoms with van der Waals surface area (Å²) in [4.78, 5) is 14.2. The van der Waals surface area contributed by atoms with E-state index in [1.807, 2.05) is 4.90 Å². The average Bonchev–Trinajstić information content (AvgIpc) is 2.90. The second kappa shape index (κ2) is 7.60. The van der Waals surface area contributed by atoms with E-state index in [1.54, 1.807) is 33.8 Å². The van der Waals surface area contributed by atoms with E-state index in [9.17, 15) is 13.2 Å². The lowest BCUT2D eigenvalue weighted by Crippen LogP contribution is -2.56. The fraction of sp³-hybridized carbons (Fsp3) is 0.714. The molecule has 2 N–H and O–H groups in total. The monoisotopic (exact) mass is 359 g/mol. The summed E-state index contributed by atoms with van der Waals surface area (Å²) in [6, 6.07) is 1.11. The number of carbonyl (C=O) groups is 1. The van der Waals surface area contributed by atoms with Crippen LogP contribution in [0.25, 0.3) is 0 Å². The quantitative estimate of drug-likeness (QED) is 0.750. The van der Waals surface area contributed by atoms with Crippen molar-refractivity contribution in [2.24, 2.45) is 0 Å². The van der Waals surface area contributed by atoms with E-state index in [4.69, 9.17) is 4.52 Å². The van der Waals surface area contributed by atoms with Crippen LogP contribution in [0.5, 0.6) is 0 Å². The molecule has 24 heavy (non-hydrogen) atoms. The molecular weight excluding hydrogens is 334 g/mol. The first-order valence-electron chi connectivity index (χ1n) is 7.94. The van der Waals surface area contributed by atoms with Gasteiger partial charge in [0, 0.05) is 38.3 Å². The van der Waals surface area contributed by atoms with Gasteiger partial charge in [-0.2, -0.15) is 17.4 Å². The largest absolute Gasteiger partial charge is 0.338 e. The summed E-state index contributed by atoms with van der Waals surface area (Å²) in [5.41, 5.74) is 0.689. The van der Waals surface area contributed by atoms with Crippen molar-refractivity contribution in [2.45, 2.75) is 39.8 Å². The number of hydrogen-bond donors (Lipinski definition) is 2. The maximum absolute atomic E-state index is 12.3. The van der Waals surface area contributed by atoms with Gasteiger partial charge in [0.05, 0.1) is 11.7 Å². The fourth-order valence-electron chi connectivity index (χ4n) is 2.52. The maximum Gasteiger partial charge on any atom is 0.279 e. The molecule has 9 nitrogen and oxygen atoms in total. The van der Waals surface area contributed by atoms with Crippen molar-refractivity contribution >= 4 is 22.0 Å². The van der Waals surface area contributed by atoms with Crippen LogP contribution in [0.3, 0.4) is 0 Å². The van der Waals surface area contributed by atoms with Crippen LogP contribution in [0.1, 0.15) is 26.5 Å². The minimum atomic E-state index is -3.46. The van der Waals surface area contributed by atoms with Crippen LogP contribution in [0.4, 0.5) is 5.88 Å². The average molecular weight is 359 g/mol. The minimum Gasteiger partial charge on any atom is -0.338 e. The highest BCUT2D eigenvalue weighted by Gasteiger charge is 2.31. The lowest BCUT2D eigenvalue weighted by Gasteiger charge is -2.36. The molecule has 1 atom stereocenters. The van der Waals surface area contributed by atoms with Crippen LogP contribution in [-0.2, 0) is 15.0 Å². The highest BCUT2D eigenvalue weighted by molar-refractivity contribution is 7.87. The minimum absolute atomic E-state index is 0.150. The van der Waals surface area contributed by atoms with Crippen LogP contribution in [0, 0.1) is 6.92 Å². The SMILES string of the molecule is Cc1cc(NC(=O)C(C)N2CCN(S(=O)(=O)NC(C)C)CC2)on1. The Balaban J connectivity index is 1.88. The number of amides is 1. The summed E-state index contributed by atoms with van der Waals surface area (Å²) in [7, 11) is -3.46. The summed E-state index contributed by atoms with van der Waals surface area (Å²) < 4.78 is 33.3. The first-order valence-corrected chi connectivity index (χ1v) is 9.38. The predicted octanol–water partition coefficient (Wildman–Crippen LogP) is 0.170. The molecule has 1 aliphatic heterocycles. The molecule has 1 saturated heterocycles. The Morgan fingerprint density at radius 1 is 1.25 bits per heavy atom. The molecular formula is C14H25N5O4S. The Labute approximate surface area is 142 Å². The molecule has 136 valence electrons. The third-order valence-corrected chi connectivity index (χ3v) is 5.61. The second-order valence-corrected chi connectivity index (χ2v) is 7.91. The molecule has 1 amide bonds. The summed E-state index contributed by atoms with van der Waals surface area (Å²) in [6.45, 7) is 8.80. The van der Waals surface area contributed by atoms with Gasteiger partial charge in [-0.1, -0.05) is 5.16 Å². The molecule has 10 heteroatoms. The highest BCUT2D eigenvalue weighted by Crippen LogP contribution is 2.13. The molecule has 1 aromatic rings. The Morgan fingerprint density at radius 3 is 2.38 bits per heavy atom. The lowest BCUT2D eigenvalue weighted by molar-refractivity contribution is -0.121. The molecule has 2 heterocycles. The Kier molecular flexibility index (Phi) is 5.97. The summed E-state index contributed by atoms with van der Waals surface area (Å²) >= 11 is 0. The zero-order valence-corrected chi connectivity index (χ0v) is 15.3. The van der Waals surface area contributed by atoms with Crippen LogP contribution < -0.4 is 10.0 Å². The van der Waals surface area contributed by atoms with Gasteiger partial charge in [-0.05, 0) is 27.7 Å². The third kappa shape index (κ3) is 4.76.